The average Bonchev–Trinajstić information content (AvgIpc) is 3.26. The first-order valence-electron chi connectivity index (χ1n) is 12.7. The SMILES string of the molecule is CCc1c(-c2ccc(OC)c(OC)c2)[nH]c2ccc(C3CCN(C(=O)CN(C)C(C)C)CC3)cc12. The van der Waals surface area contributed by atoms with Gasteiger partial charge in [-0.15, -0.1) is 0 Å². The number of ether oxygens (including phenoxy) is 2. The van der Waals surface area contributed by atoms with Crippen LogP contribution in [-0.4, -0.2) is 67.6 Å². The largest absolute Gasteiger partial charge is 0.493 e. The molecule has 0 saturated carbocycles. The minimum absolute atomic E-state index is 0.244. The first-order chi connectivity index (χ1) is 16.9. The summed E-state index contributed by atoms with van der Waals surface area (Å²) in [7, 11) is 5.34. The summed E-state index contributed by atoms with van der Waals surface area (Å²) in [6.45, 7) is 8.61. The molecule has 3 aromatic rings. The number of aryl methyl sites for hydroxylation is 1. The van der Waals surface area contributed by atoms with Crippen molar-refractivity contribution >= 4 is 16.8 Å². The van der Waals surface area contributed by atoms with E-state index in [-0.39, 0.29) is 5.91 Å². The molecule has 2 heterocycles. The Morgan fingerprint density at radius 3 is 2.43 bits per heavy atom. The van der Waals surface area contributed by atoms with Crippen LogP contribution in [0.2, 0.25) is 0 Å². The van der Waals surface area contributed by atoms with Gasteiger partial charge in [-0.3, -0.25) is 9.69 Å². The summed E-state index contributed by atoms with van der Waals surface area (Å²) < 4.78 is 10.9. The molecule has 188 valence electrons. The van der Waals surface area contributed by atoms with E-state index < -0.39 is 0 Å². The lowest BCUT2D eigenvalue weighted by molar-refractivity contribution is -0.133. The zero-order valence-electron chi connectivity index (χ0n) is 22.0. The van der Waals surface area contributed by atoms with Crippen LogP contribution in [0.15, 0.2) is 36.4 Å². The maximum Gasteiger partial charge on any atom is 0.236 e. The number of aromatic amines is 1. The second kappa shape index (κ2) is 10.7. The van der Waals surface area contributed by atoms with Crippen LogP contribution in [0.25, 0.3) is 22.2 Å². The fourth-order valence-corrected chi connectivity index (χ4v) is 5.08. The average molecular weight is 478 g/mol. The van der Waals surface area contributed by atoms with Crippen molar-refractivity contribution < 1.29 is 14.3 Å². The predicted octanol–water partition coefficient (Wildman–Crippen LogP) is 5.46. The molecule has 0 aliphatic carbocycles. The normalized spacial score (nSPS) is 14.8. The quantitative estimate of drug-likeness (QED) is 0.468. The third-order valence-electron chi connectivity index (χ3n) is 7.54. The number of nitrogens with one attached hydrogen (secondary N) is 1. The summed E-state index contributed by atoms with van der Waals surface area (Å²) in [5.74, 6) is 2.18. The Bertz CT molecular complexity index is 1180. The number of nitrogens with zero attached hydrogens (tertiary/aromatic N) is 2. The van der Waals surface area contributed by atoms with Crippen molar-refractivity contribution in [1.82, 2.24) is 14.8 Å². The Hall–Kier alpha value is -2.99. The molecule has 1 aliphatic heterocycles. The summed E-state index contributed by atoms with van der Waals surface area (Å²) in [5.41, 5.74) is 6.07. The fourth-order valence-electron chi connectivity index (χ4n) is 5.08. The van der Waals surface area contributed by atoms with Gasteiger partial charge in [0.2, 0.25) is 5.91 Å². The van der Waals surface area contributed by atoms with Gasteiger partial charge in [0.25, 0.3) is 0 Å². The van der Waals surface area contributed by atoms with Crippen LogP contribution < -0.4 is 9.47 Å². The number of fused-ring (bicyclic) bond motifs is 1. The van der Waals surface area contributed by atoms with Crippen LogP contribution in [-0.2, 0) is 11.2 Å². The molecule has 1 aliphatic rings. The Morgan fingerprint density at radius 1 is 1.09 bits per heavy atom. The van der Waals surface area contributed by atoms with Gasteiger partial charge in [-0.05, 0) is 87.5 Å². The fraction of sp³-hybridized carbons (Fsp3) is 0.483. The Kier molecular flexibility index (Phi) is 7.70. The first kappa shape index (κ1) is 25.1. The van der Waals surface area contributed by atoms with Gasteiger partial charge in [0.05, 0.1) is 20.8 Å². The summed E-state index contributed by atoms with van der Waals surface area (Å²) in [4.78, 5) is 20.5. The van der Waals surface area contributed by atoms with E-state index in [0.717, 1.165) is 60.6 Å². The van der Waals surface area contributed by atoms with Crippen molar-refractivity contribution in [1.29, 1.82) is 0 Å². The van der Waals surface area contributed by atoms with E-state index in [1.807, 2.05) is 24.1 Å². The highest BCUT2D eigenvalue weighted by Crippen LogP contribution is 2.38. The van der Waals surface area contributed by atoms with Crippen LogP contribution in [0.1, 0.15) is 50.7 Å². The van der Waals surface area contributed by atoms with E-state index in [0.29, 0.717) is 18.5 Å². The highest BCUT2D eigenvalue weighted by atomic mass is 16.5. The number of carbonyl (C=O) groups excluding carboxylic acids is 1. The number of H-pyrrole nitrogens is 1. The standard InChI is InChI=1S/C29H39N3O3/c1-7-23-24-16-21(20-12-14-32(15-13-20)28(33)18-31(4)19(2)3)8-10-25(24)30-29(23)22-9-11-26(34-5)27(17-22)35-6/h8-11,16-17,19-20,30H,7,12-15,18H2,1-6H3. The molecule has 6 heteroatoms. The van der Waals surface area contributed by atoms with Gasteiger partial charge >= 0.3 is 0 Å². The number of aromatic nitrogens is 1. The molecule has 4 rings (SSSR count). The number of likely N-dealkylation sites (tertiary alicyclic amines) is 1. The van der Waals surface area contributed by atoms with E-state index >= 15 is 0 Å². The van der Waals surface area contributed by atoms with Crippen molar-refractivity contribution in [2.24, 2.45) is 0 Å². The summed E-state index contributed by atoms with van der Waals surface area (Å²) >= 11 is 0. The maximum atomic E-state index is 12.7. The molecule has 6 nitrogen and oxygen atoms in total. The van der Waals surface area contributed by atoms with Gasteiger partial charge in [-0.1, -0.05) is 13.0 Å². The van der Waals surface area contributed by atoms with Gasteiger partial charge in [0.1, 0.15) is 0 Å². The molecular weight excluding hydrogens is 438 g/mol. The highest BCUT2D eigenvalue weighted by Gasteiger charge is 2.25. The number of hydrogen-bond acceptors (Lipinski definition) is 4. The van der Waals surface area contributed by atoms with Gasteiger partial charge in [0.15, 0.2) is 11.5 Å². The Balaban J connectivity index is 1.54. The monoisotopic (exact) mass is 477 g/mol. The highest BCUT2D eigenvalue weighted by molar-refractivity contribution is 5.91. The number of methoxy groups -OCH3 is 2. The molecule has 2 aromatic carbocycles. The van der Waals surface area contributed by atoms with Crippen molar-refractivity contribution in [3.05, 3.63) is 47.5 Å². The Labute approximate surface area is 209 Å². The molecule has 1 fully saturated rings. The van der Waals surface area contributed by atoms with Crippen LogP contribution in [0.5, 0.6) is 11.5 Å². The zero-order valence-corrected chi connectivity index (χ0v) is 22.0. The lowest BCUT2D eigenvalue weighted by Crippen LogP contribution is -2.44. The van der Waals surface area contributed by atoms with Crippen LogP contribution in [0.4, 0.5) is 0 Å². The molecule has 0 unspecified atom stereocenters. The number of piperidine rings is 1. The summed E-state index contributed by atoms with van der Waals surface area (Å²) in [6.07, 6.45) is 2.96. The van der Waals surface area contributed by atoms with Crippen molar-refractivity contribution in [3.8, 4) is 22.8 Å². The third kappa shape index (κ3) is 5.18. The number of carbonyl (C=O) groups is 1. The third-order valence-corrected chi connectivity index (χ3v) is 7.54. The predicted molar refractivity (Wildman–Crippen MR) is 143 cm³/mol. The molecule has 0 atom stereocenters. The lowest BCUT2D eigenvalue weighted by atomic mass is 9.88. The van der Waals surface area contributed by atoms with Crippen molar-refractivity contribution in [3.63, 3.8) is 0 Å². The zero-order chi connectivity index (χ0) is 25.1. The van der Waals surface area contributed by atoms with Gasteiger partial charge in [0, 0.05) is 41.3 Å². The summed E-state index contributed by atoms with van der Waals surface area (Å²) in [6, 6.07) is 13.3. The topological polar surface area (TPSA) is 57.8 Å². The number of hydrogen-bond donors (Lipinski definition) is 1. The summed E-state index contributed by atoms with van der Waals surface area (Å²) in [5, 5.41) is 1.28. The number of amides is 1. The second-order valence-corrected chi connectivity index (χ2v) is 9.87. The lowest BCUT2D eigenvalue weighted by Gasteiger charge is -2.34. The Morgan fingerprint density at radius 2 is 1.80 bits per heavy atom. The number of benzene rings is 2. The van der Waals surface area contributed by atoms with Crippen LogP contribution in [0, 0.1) is 0 Å². The van der Waals surface area contributed by atoms with E-state index in [1.165, 1.54) is 16.5 Å². The van der Waals surface area contributed by atoms with Gasteiger partial charge in [-0.2, -0.15) is 0 Å². The molecule has 1 N–H and O–H groups in total. The van der Waals surface area contributed by atoms with Gasteiger partial charge < -0.3 is 19.4 Å². The molecule has 1 aromatic heterocycles. The number of rotatable bonds is 8. The minimum atomic E-state index is 0.244. The van der Waals surface area contributed by atoms with Crippen LogP contribution >= 0.6 is 0 Å². The molecule has 35 heavy (non-hydrogen) atoms. The maximum absolute atomic E-state index is 12.7. The number of likely N-dealkylation sites (N-methyl/N-ethyl adjacent to an activating group) is 1. The van der Waals surface area contributed by atoms with E-state index in [1.54, 1.807) is 14.2 Å². The van der Waals surface area contributed by atoms with E-state index in [4.69, 9.17) is 9.47 Å². The van der Waals surface area contributed by atoms with Crippen molar-refractivity contribution in [2.75, 3.05) is 40.9 Å². The van der Waals surface area contributed by atoms with E-state index in [9.17, 15) is 4.79 Å². The molecule has 1 amide bonds. The van der Waals surface area contributed by atoms with Crippen molar-refractivity contribution in [2.45, 2.75) is 52.0 Å². The van der Waals surface area contributed by atoms with Crippen LogP contribution in [0.3, 0.4) is 0 Å². The second-order valence-electron chi connectivity index (χ2n) is 9.87. The molecule has 1 saturated heterocycles. The molecular formula is C29H39N3O3. The smallest absolute Gasteiger partial charge is 0.236 e. The van der Waals surface area contributed by atoms with E-state index in [2.05, 4.69) is 54.9 Å². The minimum Gasteiger partial charge on any atom is -0.493 e. The molecule has 0 bridgehead atoms. The molecule has 0 spiro atoms. The molecule has 0 radical (unpaired) electrons. The van der Waals surface area contributed by atoms with Gasteiger partial charge in [-0.25, -0.2) is 0 Å². The first-order valence-corrected chi connectivity index (χ1v) is 12.7.